The molecule has 1 atom stereocenters. The number of likely N-dealkylation sites (N-methyl/N-ethyl adjacent to an activating group) is 1. The molecule has 3 nitrogen and oxygen atoms in total. The Balaban J connectivity index is 2.23. The lowest BCUT2D eigenvalue weighted by atomic mass is 10.1. The molecule has 0 radical (unpaired) electrons. The Hall–Kier alpha value is -1.06. The Morgan fingerprint density at radius 2 is 2.05 bits per heavy atom. The molecule has 1 aromatic carbocycles. The maximum Gasteiger partial charge on any atom is 0.0541 e. The topological polar surface area (TPSA) is 18.5 Å². The highest BCUT2D eigenvalue weighted by Crippen LogP contribution is 2.22. The van der Waals surface area contributed by atoms with E-state index in [4.69, 9.17) is 0 Å². The summed E-state index contributed by atoms with van der Waals surface area (Å²) in [4.78, 5) is 4.86. The first-order valence-electron chi connectivity index (χ1n) is 7.27. The van der Waals surface area contributed by atoms with Gasteiger partial charge in [-0.05, 0) is 64.2 Å². The van der Waals surface area contributed by atoms with Crippen LogP contribution in [0.25, 0.3) is 0 Å². The summed E-state index contributed by atoms with van der Waals surface area (Å²) in [6.45, 7) is 8.83. The maximum absolute atomic E-state index is 3.56. The minimum Gasteiger partial charge on any atom is -0.366 e. The molecular weight excluding hydrogens is 234 g/mol. The van der Waals surface area contributed by atoms with Crippen LogP contribution in [0, 0.1) is 13.8 Å². The molecular formula is C16H27N3. The summed E-state index contributed by atoms with van der Waals surface area (Å²) in [5.41, 5.74) is 4.14. The van der Waals surface area contributed by atoms with E-state index in [1.807, 2.05) is 0 Å². The van der Waals surface area contributed by atoms with Gasteiger partial charge in [-0.2, -0.15) is 0 Å². The van der Waals surface area contributed by atoms with Crippen LogP contribution in [0.15, 0.2) is 18.2 Å². The predicted octanol–water partition coefficient (Wildman–Crippen LogP) is 2.03. The molecule has 3 heteroatoms. The summed E-state index contributed by atoms with van der Waals surface area (Å²) in [6.07, 6.45) is 1.22. The summed E-state index contributed by atoms with van der Waals surface area (Å²) < 4.78 is 0. The zero-order valence-electron chi connectivity index (χ0n) is 12.7. The lowest BCUT2D eigenvalue weighted by molar-refractivity contribution is 0.361. The monoisotopic (exact) mass is 261 g/mol. The van der Waals surface area contributed by atoms with E-state index in [9.17, 15) is 0 Å². The number of anilines is 1. The molecule has 0 bridgehead atoms. The van der Waals surface area contributed by atoms with Crippen LogP contribution in [-0.2, 0) is 0 Å². The molecule has 0 aromatic heterocycles. The van der Waals surface area contributed by atoms with Crippen molar-refractivity contribution in [3.63, 3.8) is 0 Å². The highest BCUT2D eigenvalue weighted by molar-refractivity contribution is 5.51. The highest BCUT2D eigenvalue weighted by Gasteiger charge is 2.21. The normalized spacial score (nSPS) is 20.7. The zero-order valence-corrected chi connectivity index (χ0v) is 12.7. The van der Waals surface area contributed by atoms with Crippen LogP contribution < -0.4 is 10.2 Å². The lowest BCUT2D eigenvalue weighted by Gasteiger charge is -2.34. The van der Waals surface area contributed by atoms with Crippen LogP contribution in [0.5, 0.6) is 0 Å². The van der Waals surface area contributed by atoms with E-state index in [0.717, 1.165) is 26.2 Å². The molecule has 0 amide bonds. The third-order valence-corrected chi connectivity index (χ3v) is 3.97. The second-order valence-electron chi connectivity index (χ2n) is 5.94. The van der Waals surface area contributed by atoms with Crippen molar-refractivity contribution < 1.29 is 0 Å². The molecule has 106 valence electrons. The Labute approximate surface area is 117 Å². The van der Waals surface area contributed by atoms with Crippen molar-refractivity contribution >= 4 is 5.69 Å². The molecule has 19 heavy (non-hydrogen) atoms. The van der Waals surface area contributed by atoms with Crippen LogP contribution in [0.3, 0.4) is 0 Å². The van der Waals surface area contributed by atoms with Crippen LogP contribution in [0.2, 0.25) is 0 Å². The Morgan fingerprint density at radius 3 is 2.74 bits per heavy atom. The number of nitrogens with zero attached hydrogens (tertiary/aromatic N) is 2. The number of hydrogen-bond donors (Lipinski definition) is 1. The fourth-order valence-corrected chi connectivity index (χ4v) is 2.76. The van der Waals surface area contributed by atoms with E-state index in [1.165, 1.54) is 23.2 Å². The fraction of sp³-hybridized carbons (Fsp3) is 0.625. The molecule has 1 saturated heterocycles. The first-order chi connectivity index (χ1) is 9.08. The summed E-state index contributed by atoms with van der Waals surface area (Å²) in [5.74, 6) is 0. The SMILES string of the molecule is Cc1ccc(N2CCCNCC2CN(C)C)cc1C. The number of rotatable bonds is 3. The minimum absolute atomic E-state index is 0.555. The molecule has 1 fully saturated rings. The molecule has 0 saturated carbocycles. The molecule has 1 aliphatic heterocycles. The first-order valence-corrected chi connectivity index (χ1v) is 7.27. The van der Waals surface area contributed by atoms with E-state index in [-0.39, 0.29) is 0 Å². The van der Waals surface area contributed by atoms with Gasteiger partial charge in [-0.1, -0.05) is 6.07 Å². The molecule has 1 unspecified atom stereocenters. The van der Waals surface area contributed by atoms with Crippen molar-refractivity contribution in [2.75, 3.05) is 45.2 Å². The van der Waals surface area contributed by atoms with Crippen molar-refractivity contribution in [3.8, 4) is 0 Å². The van der Waals surface area contributed by atoms with Crippen LogP contribution >= 0.6 is 0 Å². The second-order valence-corrected chi connectivity index (χ2v) is 5.94. The lowest BCUT2D eigenvalue weighted by Crippen LogP contribution is -2.46. The average molecular weight is 261 g/mol. The van der Waals surface area contributed by atoms with Crippen LogP contribution in [-0.4, -0.2) is 51.2 Å². The summed E-state index contributed by atoms with van der Waals surface area (Å²) in [6, 6.07) is 7.41. The predicted molar refractivity (Wildman–Crippen MR) is 83.1 cm³/mol. The van der Waals surface area contributed by atoms with Crippen molar-refractivity contribution in [1.82, 2.24) is 10.2 Å². The van der Waals surface area contributed by atoms with Gasteiger partial charge in [0.2, 0.25) is 0 Å². The highest BCUT2D eigenvalue weighted by atomic mass is 15.2. The smallest absolute Gasteiger partial charge is 0.0541 e. The van der Waals surface area contributed by atoms with Crippen molar-refractivity contribution in [3.05, 3.63) is 29.3 Å². The van der Waals surface area contributed by atoms with Crippen molar-refractivity contribution in [2.45, 2.75) is 26.3 Å². The quantitative estimate of drug-likeness (QED) is 0.898. The van der Waals surface area contributed by atoms with E-state index in [0.29, 0.717) is 6.04 Å². The van der Waals surface area contributed by atoms with Gasteiger partial charge in [-0.15, -0.1) is 0 Å². The summed E-state index contributed by atoms with van der Waals surface area (Å²) in [5, 5.41) is 3.56. The zero-order chi connectivity index (χ0) is 13.8. The Kier molecular flexibility index (Phi) is 4.83. The molecule has 0 spiro atoms. The van der Waals surface area contributed by atoms with E-state index < -0.39 is 0 Å². The third kappa shape index (κ3) is 3.71. The third-order valence-electron chi connectivity index (χ3n) is 3.97. The van der Waals surface area contributed by atoms with Gasteiger partial charge in [0.1, 0.15) is 0 Å². The number of nitrogens with one attached hydrogen (secondary N) is 1. The molecule has 2 rings (SSSR count). The number of aryl methyl sites for hydroxylation is 2. The van der Waals surface area contributed by atoms with Gasteiger partial charge in [0.05, 0.1) is 6.04 Å². The van der Waals surface area contributed by atoms with Crippen LogP contribution in [0.1, 0.15) is 17.5 Å². The largest absolute Gasteiger partial charge is 0.366 e. The number of benzene rings is 1. The van der Waals surface area contributed by atoms with Crippen molar-refractivity contribution in [1.29, 1.82) is 0 Å². The van der Waals surface area contributed by atoms with Gasteiger partial charge in [-0.3, -0.25) is 0 Å². The molecule has 0 aliphatic carbocycles. The summed E-state index contributed by atoms with van der Waals surface area (Å²) >= 11 is 0. The fourth-order valence-electron chi connectivity index (χ4n) is 2.76. The second kappa shape index (κ2) is 6.40. The first kappa shape index (κ1) is 14.4. The maximum atomic E-state index is 3.56. The molecule has 1 aromatic rings. The van der Waals surface area contributed by atoms with Gasteiger partial charge in [-0.25, -0.2) is 0 Å². The Bertz CT molecular complexity index is 414. The standard InChI is InChI=1S/C16H27N3/c1-13-6-7-15(10-14(13)2)19-9-5-8-17-11-16(19)12-18(3)4/h6-7,10,16-17H,5,8-9,11-12H2,1-4H3. The minimum atomic E-state index is 0.555. The van der Waals surface area contributed by atoms with E-state index >= 15 is 0 Å². The number of hydrogen-bond acceptors (Lipinski definition) is 3. The van der Waals surface area contributed by atoms with E-state index in [2.05, 4.69) is 61.3 Å². The van der Waals surface area contributed by atoms with Gasteiger partial charge in [0, 0.05) is 25.3 Å². The summed E-state index contributed by atoms with van der Waals surface area (Å²) in [7, 11) is 4.31. The average Bonchev–Trinajstić information content (AvgIpc) is 2.57. The van der Waals surface area contributed by atoms with Crippen molar-refractivity contribution in [2.24, 2.45) is 0 Å². The molecule has 1 heterocycles. The Morgan fingerprint density at radius 1 is 1.26 bits per heavy atom. The van der Waals surface area contributed by atoms with Gasteiger partial charge in [0.15, 0.2) is 0 Å². The van der Waals surface area contributed by atoms with Gasteiger partial charge >= 0.3 is 0 Å². The van der Waals surface area contributed by atoms with Gasteiger partial charge < -0.3 is 15.1 Å². The van der Waals surface area contributed by atoms with Crippen LogP contribution in [0.4, 0.5) is 5.69 Å². The molecule has 1 N–H and O–H groups in total. The van der Waals surface area contributed by atoms with E-state index in [1.54, 1.807) is 0 Å². The van der Waals surface area contributed by atoms with Gasteiger partial charge in [0.25, 0.3) is 0 Å². The molecule has 1 aliphatic rings.